The number of hydrogen-bond acceptors (Lipinski definition) is 6. The van der Waals surface area contributed by atoms with Crippen LogP contribution in [0.2, 0.25) is 0 Å². The second kappa shape index (κ2) is 6.93. The zero-order valence-corrected chi connectivity index (χ0v) is 15.2. The number of benzene rings is 2. The third-order valence-corrected chi connectivity index (χ3v) is 5.93. The lowest BCUT2D eigenvalue weighted by Gasteiger charge is -2.16. The third kappa shape index (κ3) is 3.23. The summed E-state index contributed by atoms with van der Waals surface area (Å²) in [7, 11) is -0.881. The lowest BCUT2D eigenvalue weighted by atomic mass is 10.1. The van der Waals surface area contributed by atoms with Crippen molar-refractivity contribution >= 4 is 21.4 Å². The Morgan fingerprint density at radius 3 is 2.69 bits per heavy atom. The number of hydrogen-bond donors (Lipinski definition) is 2. The first-order valence-electron chi connectivity index (χ1n) is 8.01. The Morgan fingerprint density at radius 2 is 2.04 bits per heavy atom. The topological polar surface area (TPSA) is 111 Å². The van der Waals surface area contributed by atoms with Crippen molar-refractivity contribution in [1.29, 1.82) is 0 Å². The van der Waals surface area contributed by atoms with Crippen LogP contribution in [0.5, 0.6) is 5.75 Å². The fraction of sp³-hybridized carbons (Fsp3) is 0.294. The summed E-state index contributed by atoms with van der Waals surface area (Å²) in [4.78, 5) is 10.7. The van der Waals surface area contributed by atoms with Crippen LogP contribution in [-0.4, -0.2) is 27.5 Å². The molecule has 138 valence electrons. The largest absolute Gasteiger partial charge is 0.496 e. The second-order valence-corrected chi connectivity index (χ2v) is 7.79. The molecule has 0 saturated carbocycles. The highest BCUT2D eigenvalue weighted by molar-refractivity contribution is 7.89. The van der Waals surface area contributed by atoms with Crippen LogP contribution in [0.15, 0.2) is 41.3 Å². The first kappa shape index (κ1) is 18.2. The number of fused-ring (bicyclic) bond motifs is 1. The molecule has 0 bridgehead atoms. The van der Waals surface area contributed by atoms with Gasteiger partial charge in [-0.05, 0) is 49.2 Å². The summed E-state index contributed by atoms with van der Waals surface area (Å²) in [5.74, 6) is 0.803. The fourth-order valence-electron chi connectivity index (χ4n) is 3.22. The summed E-state index contributed by atoms with van der Waals surface area (Å²) >= 11 is 0. The van der Waals surface area contributed by atoms with Gasteiger partial charge in [0.2, 0.25) is 10.0 Å². The molecule has 0 saturated heterocycles. The molecule has 0 spiro atoms. The molecule has 1 aliphatic carbocycles. The molecule has 0 amide bonds. The zero-order valence-electron chi connectivity index (χ0n) is 14.4. The van der Waals surface area contributed by atoms with Gasteiger partial charge in [-0.25, -0.2) is 13.1 Å². The number of nitrogens with one attached hydrogen (secondary N) is 2. The van der Waals surface area contributed by atoms with E-state index in [9.17, 15) is 18.5 Å². The van der Waals surface area contributed by atoms with Gasteiger partial charge in [-0.15, -0.1) is 0 Å². The molecular formula is C17H19N3O5S. The molecule has 26 heavy (non-hydrogen) atoms. The summed E-state index contributed by atoms with van der Waals surface area (Å²) in [6.07, 6.45) is 1.57. The van der Waals surface area contributed by atoms with Gasteiger partial charge in [0, 0.05) is 6.07 Å². The van der Waals surface area contributed by atoms with Crippen molar-refractivity contribution in [2.45, 2.75) is 23.8 Å². The lowest BCUT2D eigenvalue weighted by Crippen LogP contribution is -2.19. The van der Waals surface area contributed by atoms with Gasteiger partial charge in [0.1, 0.15) is 11.4 Å². The van der Waals surface area contributed by atoms with Gasteiger partial charge in [-0.1, -0.05) is 12.1 Å². The second-order valence-electron chi connectivity index (χ2n) is 5.91. The number of sulfonamides is 1. The minimum atomic E-state index is -3.75. The van der Waals surface area contributed by atoms with Crippen molar-refractivity contribution in [1.82, 2.24) is 4.72 Å². The van der Waals surface area contributed by atoms with E-state index in [4.69, 9.17) is 4.74 Å². The van der Waals surface area contributed by atoms with E-state index in [1.54, 1.807) is 7.11 Å². The predicted molar refractivity (Wildman–Crippen MR) is 97.0 cm³/mol. The Kier molecular flexibility index (Phi) is 4.84. The number of nitro groups is 1. The molecule has 2 aromatic rings. The molecule has 0 fully saturated rings. The van der Waals surface area contributed by atoms with Crippen LogP contribution >= 0.6 is 0 Å². The minimum Gasteiger partial charge on any atom is -0.496 e. The lowest BCUT2D eigenvalue weighted by molar-refractivity contribution is -0.384. The maximum Gasteiger partial charge on any atom is 0.293 e. The highest BCUT2D eigenvalue weighted by atomic mass is 32.2. The number of ether oxygens (including phenoxy) is 1. The molecule has 0 aliphatic heterocycles. The molecule has 0 aromatic heterocycles. The van der Waals surface area contributed by atoms with Gasteiger partial charge in [0.15, 0.2) is 0 Å². The number of nitrogens with zero attached hydrogens (tertiary/aromatic N) is 1. The average Bonchev–Trinajstić information content (AvgIpc) is 3.04. The van der Waals surface area contributed by atoms with E-state index in [1.165, 1.54) is 19.2 Å². The maximum atomic E-state index is 11.9. The first-order valence-corrected chi connectivity index (χ1v) is 9.50. The molecule has 0 heterocycles. The van der Waals surface area contributed by atoms with Crippen molar-refractivity contribution < 1.29 is 18.1 Å². The average molecular weight is 377 g/mol. The van der Waals surface area contributed by atoms with Crippen LogP contribution in [0.4, 0.5) is 11.4 Å². The summed E-state index contributed by atoms with van der Waals surface area (Å²) < 4.78 is 31.3. The summed E-state index contributed by atoms with van der Waals surface area (Å²) in [6.45, 7) is 0. The molecule has 8 nitrogen and oxygen atoms in total. The minimum absolute atomic E-state index is 0.106. The van der Waals surface area contributed by atoms with E-state index < -0.39 is 14.9 Å². The van der Waals surface area contributed by atoms with E-state index in [0.29, 0.717) is 0 Å². The Balaban J connectivity index is 1.96. The van der Waals surface area contributed by atoms with Crippen LogP contribution in [0.1, 0.15) is 23.6 Å². The van der Waals surface area contributed by atoms with Gasteiger partial charge in [-0.2, -0.15) is 0 Å². The first-order chi connectivity index (χ1) is 12.4. The van der Waals surface area contributed by atoms with Crippen LogP contribution in [-0.2, 0) is 16.4 Å². The van der Waals surface area contributed by atoms with E-state index in [2.05, 4.69) is 10.0 Å². The Morgan fingerprint density at radius 1 is 1.27 bits per heavy atom. The zero-order chi connectivity index (χ0) is 18.9. The highest BCUT2D eigenvalue weighted by Gasteiger charge is 2.28. The molecule has 1 atom stereocenters. The van der Waals surface area contributed by atoms with E-state index in [-0.39, 0.29) is 22.3 Å². The molecule has 1 unspecified atom stereocenters. The van der Waals surface area contributed by atoms with Crippen LogP contribution in [0.3, 0.4) is 0 Å². The molecule has 1 aliphatic rings. The van der Waals surface area contributed by atoms with E-state index in [1.807, 2.05) is 18.2 Å². The smallest absolute Gasteiger partial charge is 0.293 e. The number of nitro benzene ring substituents is 1. The van der Waals surface area contributed by atoms with Crippen molar-refractivity contribution in [3.05, 3.63) is 57.6 Å². The summed E-state index contributed by atoms with van der Waals surface area (Å²) in [5.41, 5.74) is 2.12. The molecule has 0 radical (unpaired) electrons. The Hall–Kier alpha value is -2.65. The molecule has 3 rings (SSSR count). The van der Waals surface area contributed by atoms with Crippen molar-refractivity contribution in [3.8, 4) is 5.75 Å². The van der Waals surface area contributed by atoms with Gasteiger partial charge >= 0.3 is 0 Å². The number of rotatable bonds is 6. The van der Waals surface area contributed by atoms with Gasteiger partial charge in [-0.3, -0.25) is 10.1 Å². The predicted octanol–water partition coefficient (Wildman–Crippen LogP) is 2.61. The molecule has 9 heteroatoms. The van der Waals surface area contributed by atoms with Crippen LogP contribution in [0, 0.1) is 10.1 Å². The monoisotopic (exact) mass is 377 g/mol. The highest BCUT2D eigenvalue weighted by Crippen LogP contribution is 2.40. The quantitative estimate of drug-likeness (QED) is 0.591. The van der Waals surface area contributed by atoms with Gasteiger partial charge in [0.25, 0.3) is 5.69 Å². The van der Waals surface area contributed by atoms with Gasteiger partial charge < -0.3 is 10.1 Å². The summed E-state index contributed by atoms with van der Waals surface area (Å²) in [5, 5.41) is 14.6. The van der Waals surface area contributed by atoms with Crippen molar-refractivity contribution in [2.24, 2.45) is 0 Å². The van der Waals surface area contributed by atoms with Crippen LogP contribution in [0.25, 0.3) is 0 Å². The van der Waals surface area contributed by atoms with Crippen LogP contribution < -0.4 is 14.8 Å². The normalized spacial score (nSPS) is 16.2. The summed E-state index contributed by atoms with van der Waals surface area (Å²) in [6, 6.07) is 9.48. The third-order valence-electron chi connectivity index (χ3n) is 4.52. The maximum absolute atomic E-state index is 11.9. The molecular weight excluding hydrogens is 358 g/mol. The van der Waals surface area contributed by atoms with Crippen molar-refractivity contribution in [3.63, 3.8) is 0 Å². The Bertz CT molecular complexity index is 959. The van der Waals surface area contributed by atoms with E-state index >= 15 is 0 Å². The van der Waals surface area contributed by atoms with E-state index in [0.717, 1.165) is 35.8 Å². The fourth-order valence-corrected chi connectivity index (χ4v) is 3.97. The standard InChI is InChI=1S/C17H19N3O5S/c1-18-26(23,24)11-6-8-15(16(10-11)20(21)22)19-14-9-7-13-12(14)4-3-5-17(13)25-2/h3-6,8,10,14,18-19H,7,9H2,1-2H3. The van der Waals surface area contributed by atoms with Crippen molar-refractivity contribution in [2.75, 3.05) is 19.5 Å². The molecule has 2 aromatic carbocycles. The SMILES string of the molecule is CNS(=O)(=O)c1ccc(NC2CCc3c(OC)cccc32)c([N+](=O)[O-])c1. The van der Waals surface area contributed by atoms with Gasteiger partial charge in [0.05, 0.1) is 23.0 Å². The Labute approximate surface area is 151 Å². The number of anilines is 1. The molecule has 2 N–H and O–H groups in total. The number of methoxy groups -OCH3 is 1.